The maximum atomic E-state index is 12.0. The van der Waals surface area contributed by atoms with Crippen LogP contribution in [-0.2, 0) is 14.3 Å². The summed E-state index contributed by atoms with van der Waals surface area (Å²) in [6, 6.07) is 0. The molecular formula is C7H7F6NO3. The van der Waals surface area contributed by atoms with Gasteiger partial charge in [-0.25, -0.2) is 0 Å². The summed E-state index contributed by atoms with van der Waals surface area (Å²) in [7, 11) is 0.861. The Labute approximate surface area is 90.9 Å². The number of esters is 1. The predicted molar refractivity (Wildman–Crippen MR) is 40.6 cm³/mol. The minimum absolute atomic E-state index is 0.861. The molecule has 0 fully saturated rings. The van der Waals surface area contributed by atoms with E-state index in [1.165, 1.54) is 5.32 Å². The zero-order valence-electron chi connectivity index (χ0n) is 8.28. The first-order valence-electron chi connectivity index (χ1n) is 3.98. The van der Waals surface area contributed by atoms with E-state index in [-0.39, 0.29) is 0 Å². The second-order valence-corrected chi connectivity index (χ2v) is 2.81. The van der Waals surface area contributed by atoms with Crippen LogP contribution in [0, 0.1) is 5.92 Å². The molecule has 0 aliphatic rings. The standard InChI is InChI=1S/C7H7F6NO3/c1-17-3(15)2-14-5(16)4(6(8,9)10)7(11,12)13/h4H,2H2,1H3,(H,14,16). The molecule has 100 valence electrons. The van der Waals surface area contributed by atoms with E-state index < -0.39 is 36.7 Å². The first-order valence-corrected chi connectivity index (χ1v) is 3.98. The summed E-state index contributed by atoms with van der Waals surface area (Å²) < 4.78 is 75.8. The van der Waals surface area contributed by atoms with E-state index in [1.807, 2.05) is 0 Å². The minimum atomic E-state index is -5.78. The summed E-state index contributed by atoms with van der Waals surface area (Å²) in [5.74, 6) is -7.68. The van der Waals surface area contributed by atoms with Gasteiger partial charge in [0.2, 0.25) is 11.8 Å². The highest BCUT2D eigenvalue weighted by molar-refractivity contribution is 5.84. The molecular weight excluding hydrogens is 260 g/mol. The number of nitrogens with one attached hydrogen (secondary N) is 1. The van der Waals surface area contributed by atoms with E-state index in [9.17, 15) is 35.9 Å². The summed E-state index contributed by atoms with van der Waals surface area (Å²) >= 11 is 0. The molecule has 0 saturated heterocycles. The number of hydrogen-bond acceptors (Lipinski definition) is 3. The van der Waals surface area contributed by atoms with Gasteiger partial charge in [0.15, 0.2) is 0 Å². The van der Waals surface area contributed by atoms with Gasteiger partial charge in [0.25, 0.3) is 0 Å². The van der Waals surface area contributed by atoms with Crippen molar-refractivity contribution in [2.24, 2.45) is 5.92 Å². The summed E-state index contributed by atoms with van der Waals surface area (Å²) in [5.41, 5.74) is 0. The molecule has 0 rings (SSSR count). The van der Waals surface area contributed by atoms with Gasteiger partial charge in [0.1, 0.15) is 6.54 Å². The number of ether oxygens (including phenoxy) is 1. The normalized spacial score (nSPS) is 12.5. The molecule has 0 spiro atoms. The fourth-order valence-corrected chi connectivity index (χ4v) is 0.816. The van der Waals surface area contributed by atoms with Crippen molar-refractivity contribution >= 4 is 11.9 Å². The Kier molecular flexibility index (Phi) is 4.78. The zero-order chi connectivity index (χ0) is 13.9. The topological polar surface area (TPSA) is 55.4 Å². The minimum Gasteiger partial charge on any atom is -0.468 e. The van der Waals surface area contributed by atoms with E-state index in [4.69, 9.17) is 0 Å². The number of rotatable bonds is 3. The van der Waals surface area contributed by atoms with Crippen molar-refractivity contribution in [3.8, 4) is 0 Å². The highest BCUT2D eigenvalue weighted by atomic mass is 19.4. The largest absolute Gasteiger partial charge is 0.468 e. The van der Waals surface area contributed by atoms with Crippen LogP contribution in [0.25, 0.3) is 0 Å². The van der Waals surface area contributed by atoms with Crippen molar-refractivity contribution in [3.63, 3.8) is 0 Å². The molecule has 10 heteroatoms. The van der Waals surface area contributed by atoms with Gasteiger partial charge in [0.05, 0.1) is 7.11 Å². The molecule has 0 saturated carbocycles. The number of halogens is 6. The summed E-state index contributed by atoms with van der Waals surface area (Å²) in [4.78, 5) is 21.1. The lowest BCUT2D eigenvalue weighted by molar-refractivity contribution is -0.274. The van der Waals surface area contributed by atoms with Crippen molar-refractivity contribution in [3.05, 3.63) is 0 Å². The average Bonchev–Trinajstić information content (AvgIpc) is 2.09. The second-order valence-electron chi connectivity index (χ2n) is 2.81. The van der Waals surface area contributed by atoms with Gasteiger partial charge >= 0.3 is 18.3 Å². The number of carbonyl (C=O) groups is 2. The SMILES string of the molecule is COC(=O)CNC(=O)C(C(F)(F)F)C(F)(F)F. The van der Waals surface area contributed by atoms with Gasteiger partial charge in [-0.05, 0) is 0 Å². The molecule has 0 aliphatic heterocycles. The van der Waals surface area contributed by atoms with Crippen molar-refractivity contribution < 1.29 is 40.7 Å². The lowest BCUT2D eigenvalue weighted by Crippen LogP contribution is -2.48. The van der Waals surface area contributed by atoms with Crippen LogP contribution in [-0.4, -0.2) is 37.9 Å². The molecule has 0 radical (unpaired) electrons. The lowest BCUT2D eigenvalue weighted by Gasteiger charge is -2.21. The van der Waals surface area contributed by atoms with Gasteiger partial charge in [-0.3, -0.25) is 9.59 Å². The fourth-order valence-electron chi connectivity index (χ4n) is 0.816. The van der Waals surface area contributed by atoms with Crippen LogP contribution in [0.1, 0.15) is 0 Å². The van der Waals surface area contributed by atoms with Gasteiger partial charge in [-0.2, -0.15) is 26.3 Å². The first kappa shape index (κ1) is 15.5. The van der Waals surface area contributed by atoms with Crippen molar-refractivity contribution in [1.82, 2.24) is 5.32 Å². The Hall–Kier alpha value is -1.48. The number of alkyl halides is 6. The van der Waals surface area contributed by atoms with Gasteiger partial charge in [-0.15, -0.1) is 0 Å². The van der Waals surface area contributed by atoms with Crippen molar-refractivity contribution in [2.75, 3.05) is 13.7 Å². The molecule has 0 unspecified atom stereocenters. The van der Waals surface area contributed by atoms with Crippen LogP contribution < -0.4 is 5.32 Å². The van der Waals surface area contributed by atoms with Crippen molar-refractivity contribution in [1.29, 1.82) is 0 Å². The predicted octanol–water partition coefficient (Wildman–Crippen LogP) is 1.02. The molecule has 17 heavy (non-hydrogen) atoms. The van der Waals surface area contributed by atoms with Gasteiger partial charge < -0.3 is 10.1 Å². The molecule has 0 atom stereocenters. The van der Waals surface area contributed by atoms with Crippen molar-refractivity contribution in [2.45, 2.75) is 12.4 Å². The third-order valence-electron chi connectivity index (χ3n) is 1.55. The Morgan fingerprint density at radius 3 is 1.82 bits per heavy atom. The lowest BCUT2D eigenvalue weighted by atomic mass is 10.1. The van der Waals surface area contributed by atoms with E-state index in [0.29, 0.717) is 0 Å². The third-order valence-corrected chi connectivity index (χ3v) is 1.55. The zero-order valence-corrected chi connectivity index (χ0v) is 8.28. The van der Waals surface area contributed by atoms with Gasteiger partial charge in [-0.1, -0.05) is 0 Å². The quantitative estimate of drug-likeness (QED) is 0.613. The molecule has 1 N–H and O–H groups in total. The summed E-state index contributed by atoms with van der Waals surface area (Å²) in [6.07, 6.45) is -11.6. The second kappa shape index (κ2) is 5.23. The maximum Gasteiger partial charge on any atom is 0.409 e. The molecule has 1 amide bonds. The molecule has 0 aliphatic carbocycles. The highest BCUT2D eigenvalue weighted by Crippen LogP contribution is 2.39. The maximum absolute atomic E-state index is 12.0. The summed E-state index contributed by atoms with van der Waals surface area (Å²) in [6.45, 7) is -1.07. The first-order chi connectivity index (χ1) is 7.50. The molecule has 0 aromatic heterocycles. The monoisotopic (exact) mass is 267 g/mol. The van der Waals surface area contributed by atoms with Crippen LogP contribution in [0.15, 0.2) is 0 Å². The van der Waals surface area contributed by atoms with Crippen LogP contribution in [0.2, 0.25) is 0 Å². The van der Waals surface area contributed by atoms with Gasteiger partial charge in [0, 0.05) is 0 Å². The summed E-state index contributed by atoms with van der Waals surface area (Å²) in [5, 5.41) is 1.19. The highest BCUT2D eigenvalue weighted by Gasteiger charge is 2.61. The van der Waals surface area contributed by atoms with Crippen LogP contribution in [0.3, 0.4) is 0 Å². The van der Waals surface area contributed by atoms with E-state index in [2.05, 4.69) is 4.74 Å². The smallest absolute Gasteiger partial charge is 0.409 e. The number of carbonyl (C=O) groups excluding carboxylic acids is 2. The van der Waals surface area contributed by atoms with E-state index in [1.54, 1.807) is 0 Å². The molecule has 0 heterocycles. The number of hydrogen-bond donors (Lipinski definition) is 1. The third kappa shape index (κ3) is 4.91. The van der Waals surface area contributed by atoms with Crippen LogP contribution in [0.4, 0.5) is 26.3 Å². The van der Waals surface area contributed by atoms with Crippen LogP contribution in [0.5, 0.6) is 0 Å². The molecule has 0 bridgehead atoms. The number of amides is 1. The van der Waals surface area contributed by atoms with E-state index >= 15 is 0 Å². The molecule has 0 aromatic rings. The van der Waals surface area contributed by atoms with Crippen LogP contribution >= 0.6 is 0 Å². The Morgan fingerprint density at radius 1 is 1.12 bits per heavy atom. The Balaban J connectivity index is 4.74. The fraction of sp³-hybridized carbons (Fsp3) is 0.714. The average molecular weight is 267 g/mol. The van der Waals surface area contributed by atoms with E-state index in [0.717, 1.165) is 7.11 Å². The molecule has 4 nitrogen and oxygen atoms in total. The Bertz CT molecular complexity index is 283. The number of methoxy groups -OCH3 is 1. The molecule has 0 aromatic carbocycles. The Morgan fingerprint density at radius 2 is 1.53 bits per heavy atom.